The first-order valence-corrected chi connectivity index (χ1v) is 6.47. The summed E-state index contributed by atoms with van der Waals surface area (Å²) in [7, 11) is 0. The van der Waals surface area contributed by atoms with Crippen molar-refractivity contribution in [1.82, 2.24) is 5.32 Å². The monoisotopic (exact) mass is 256 g/mol. The lowest BCUT2D eigenvalue weighted by Crippen LogP contribution is -2.57. The average Bonchev–Trinajstić information content (AvgIpc) is 2.62. The van der Waals surface area contributed by atoms with Crippen LogP contribution in [0.3, 0.4) is 0 Å². The van der Waals surface area contributed by atoms with E-state index in [1.807, 2.05) is 0 Å². The van der Waals surface area contributed by atoms with E-state index in [1.54, 1.807) is 27.7 Å². The number of rotatable bonds is 3. The van der Waals surface area contributed by atoms with Gasteiger partial charge in [-0.25, -0.2) is 4.79 Å². The molecule has 5 nitrogen and oxygen atoms in total. The number of hydrogen-bond donors (Lipinski definition) is 2. The van der Waals surface area contributed by atoms with E-state index in [4.69, 9.17) is 10.5 Å². The zero-order valence-electron chi connectivity index (χ0n) is 11.7. The highest BCUT2D eigenvalue weighted by Crippen LogP contribution is 2.31. The second-order valence-corrected chi connectivity index (χ2v) is 6.07. The summed E-state index contributed by atoms with van der Waals surface area (Å²) in [4.78, 5) is 24.0. The molecular formula is C13H24N2O3. The maximum Gasteiger partial charge on any atom is 0.408 e. The summed E-state index contributed by atoms with van der Waals surface area (Å²) in [5.74, 6) is -0.106. The van der Waals surface area contributed by atoms with Crippen LogP contribution < -0.4 is 11.1 Å². The summed E-state index contributed by atoms with van der Waals surface area (Å²) in [5, 5.41) is 2.74. The fraction of sp³-hybridized carbons (Fsp3) is 0.846. The molecule has 1 aliphatic carbocycles. The van der Waals surface area contributed by atoms with Crippen LogP contribution in [-0.4, -0.2) is 29.1 Å². The molecule has 1 amide bonds. The third-order valence-electron chi connectivity index (χ3n) is 3.08. The molecule has 1 atom stereocenters. The normalized spacial score (nSPS) is 20.3. The molecule has 1 rings (SSSR count). The summed E-state index contributed by atoms with van der Waals surface area (Å²) in [6.45, 7) is 7.03. The number of ether oxygens (including phenoxy) is 1. The third-order valence-corrected chi connectivity index (χ3v) is 3.08. The van der Waals surface area contributed by atoms with Crippen LogP contribution in [0.25, 0.3) is 0 Å². The average molecular weight is 256 g/mol. The van der Waals surface area contributed by atoms with Gasteiger partial charge in [-0.1, -0.05) is 12.8 Å². The Morgan fingerprint density at radius 1 is 1.28 bits per heavy atom. The van der Waals surface area contributed by atoms with Gasteiger partial charge in [-0.05, 0) is 40.5 Å². The summed E-state index contributed by atoms with van der Waals surface area (Å²) in [5.41, 5.74) is 4.27. The molecular weight excluding hydrogens is 232 g/mol. The van der Waals surface area contributed by atoms with Crippen molar-refractivity contribution in [2.24, 2.45) is 5.73 Å². The van der Waals surface area contributed by atoms with Crippen molar-refractivity contribution in [3.63, 3.8) is 0 Å². The van der Waals surface area contributed by atoms with Gasteiger partial charge in [-0.15, -0.1) is 0 Å². The fourth-order valence-electron chi connectivity index (χ4n) is 2.35. The van der Waals surface area contributed by atoms with Crippen molar-refractivity contribution in [3.8, 4) is 0 Å². The minimum absolute atomic E-state index is 0.106. The van der Waals surface area contributed by atoms with Crippen molar-refractivity contribution in [2.75, 3.05) is 0 Å². The maximum atomic E-state index is 12.2. The van der Waals surface area contributed by atoms with Crippen LogP contribution >= 0.6 is 0 Å². The van der Waals surface area contributed by atoms with Crippen LogP contribution in [0.2, 0.25) is 0 Å². The Morgan fingerprint density at radius 3 is 2.17 bits per heavy atom. The molecule has 18 heavy (non-hydrogen) atoms. The van der Waals surface area contributed by atoms with Gasteiger partial charge in [0.15, 0.2) is 5.78 Å². The first kappa shape index (κ1) is 15.0. The Bertz CT molecular complexity index is 326. The lowest BCUT2D eigenvalue weighted by Gasteiger charge is -2.31. The molecule has 1 saturated carbocycles. The minimum Gasteiger partial charge on any atom is -0.444 e. The van der Waals surface area contributed by atoms with Gasteiger partial charge in [-0.3, -0.25) is 4.79 Å². The first-order chi connectivity index (χ1) is 8.16. The van der Waals surface area contributed by atoms with E-state index in [-0.39, 0.29) is 5.78 Å². The van der Waals surface area contributed by atoms with Gasteiger partial charge >= 0.3 is 6.09 Å². The number of nitrogens with one attached hydrogen (secondary N) is 1. The van der Waals surface area contributed by atoms with Gasteiger partial charge in [0.2, 0.25) is 0 Å². The standard InChI is InChI=1S/C13H24N2O3/c1-9(14)10(16)13(7-5-6-8-13)15-11(17)18-12(2,3)4/h9H,5-8,14H2,1-4H3,(H,15,17). The molecule has 5 heteroatoms. The van der Waals surface area contributed by atoms with Crippen LogP contribution in [0, 0.1) is 0 Å². The zero-order valence-corrected chi connectivity index (χ0v) is 11.7. The van der Waals surface area contributed by atoms with E-state index >= 15 is 0 Å². The van der Waals surface area contributed by atoms with Gasteiger partial charge < -0.3 is 15.8 Å². The smallest absolute Gasteiger partial charge is 0.408 e. The molecule has 104 valence electrons. The predicted molar refractivity (Wildman–Crippen MR) is 69.2 cm³/mol. The number of nitrogens with two attached hydrogens (primary N) is 1. The molecule has 3 N–H and O–H groups in total. The Morgan fingerprint density at radius 2 is 1.78 bits per heavy atom. The van der Waals surface area contributed by atoms with Crippen molar-refractivity contribution in [2.45, 2.75) is 70.6 Å². The van der Waals surface area contributed by atoms with Crippen LogP contribution in [0.1, 0.15) is 53.4 Å². The van der Waals surface area contributed by atoms with Gasteiger partial charge in [0, 0.05) is 0 Å². The lowest BCUT2D eigenvalue weighted by molar-refractivity contribution is -0.126. The van der Waals surface area contributed by atoms with Crippen LogP contribution in [0.5, 0.6) is 0 Å². The lowest BCUT2D eigenvalue weighted by atomic mass is 9.88. The Hall–Kier alpha value is -1.10. The van der Waals surface area contributed by atoms with Crippen molar-refractivity contribution in [1.29, 1.82) is 0 Å². The quantitative estimate of drug-likeness (QED) is 0.806. The van der Waals surface area contributed by atoms with Crippen LogP contribution in [-0.2, 0) is 9.53 Å². The highest BCUT2D eigenvalue weighted by molar-refractivity contribution is 5.95. The van der Waals surface area contributed by atoms with Gasteiger partial charge in [0.1, 0.15) is 11.1 Å². The third kappa shape index (κ3) is 3.70. The number of ketones is 1. The minimum atomic E-state index is -0.823. The highest BCUT2D eigenvalue weighted by atomic mass is 16.6. The summed E-state index contributed by atoms with van der Waals surface area (Å²) in [6, 6.07) is -0.571. The number of alkyl carbamates (subject to hydrolysis) is 1. The van der Waals surface area contributed by atoms with Crippen molar-refractivity contribution < 1.29 is 14.3 Å². The van der Waals surface area contributed by atoms with E-state index < -0.39 is 23.3 Å². The largest absolute Gasteiger partial charge is 0.444 e. The second kappa shape index (κ2) is 5.26. The summed E-state index contributed by atoms with van der Waals surface area (Å²) in [6.07, 6.45) is 2.60. The predicted octanol–water partition coefficient (Wildman–Crippen LogP) is 1.74. The Balaban J connectivity index is 2.75. The second-order valence-electron chi connectivity index (χ2n) is 6.07. The Kier molecular flexibility index (Phi) is 4.37. The molecule has 0 bridgehead atoms. The van der Waals surface area contributed by atoms with E-state index in [9.17, 15) is 9.59 Å². The molecule has 1 fully saturated rings. The van der Waals surface area contributed by atoms with Crippen LogP contribution in [0.15, 0.2) is 0 Å². The van der Waals surface area contributed by atoms with E-state index in [2.05, 4.69) is 5.32 Å². The number of hydrogen-bond acceptors (Lipinski definition) is 4. The SMILES string of the molecule is CC(N)C(=O)C1(NC(=O)OC(C)(C)C)CCCC1. The first-order valence-electron chi connectivity index (χ1n) is 6.47. The molecule has 0 aliphatic heterocycles. The molecule has 0 saturated heterocycles. The molecule has 1 aliphatic rings. The molecule has 0 aromatic heterocycles. The number of amides is 1. The van der Waals surface area contributed by atoms with Gasteiger partial charge in [-0.2, -0.15) is 0 Å². The van der Waals surface area contributed by atoms with Crippen LogP contribution in [0.4, 0.5) is 4.79 Å². The molecule has 0 aromatic rings. The number of Topliss-reactive ketones (excluding diaryl/α,β-unsaturated/α-hetero) is 1. The Labute approximate surface area is 108 Å². The van der Waals surface area contributed by atoms with Crippen molar-refractivity contribution >= 4 is 11.9 Å². The molecule has 0 heterocycles. The number of carbonyl (C=O) groups is 2. The molecule has 0 radical (unpaired) electrons. The maximum absolute atomic E-state index is 12.2. The summed E-state index contributed by atoms with van der Waals surface area (Å²) >= 11 is 0. The van der Waals surface area contributed by atoms with E-state index in [0.29, 0.717) is 12.8 Å². The van der Waals surface area contributed by atoms with Crippen molar-refractivity contribution in [3.05, 3.63) is 0 Å². The van der Waals surface area contributed by atoms with E-state index in [0.717, 1.165) is 12.8 Å². The van der Waals surface area contributed by atoms with Gasteiger partial charge in [0.25, 0.3) is 0 Å². The van der Waals surface area contributed by atoms with E-state index in [1.165, 1.54) is 0 Å². The molecule has 0 aromatic carbocycles. The topological polar surface area (TPSA) is 81.4 Å². The fourth-order valence-corrected chi connectivity index (χ4v) is 2.35. The molecule has 0 spiro atoms. The van der Waals surface area contributed by atoms with Gasteiger partial charge in [0.05, 0.1) is 6.04 Å². The highest BCUT2D eigenvalue weighted by Gasteiger charge is 2.44. The molecule has 1 unspecified atom stereocenters. The number of carbonyl (C=O) groups excluding carboxylic acids is 2. The zero-order chi connectivity index (χ0) is 14.0. The summed E-state index contributed by atoms with van der Waals surface area (Å²) < 4.78 is 5.21.